The summed E-state index contributed by atoms with van der Waals surface area (Å²) in [5.74, 6) is -0.0262. The van der Waals surface area contributed by atoms with Crippen LogP contribution in [0.3, 0.4) is 0 Å². The molecule has 2 aliphatic rings. The molecule has 2 atom stereocenters. The number of nitro benzene ring substituents is 1. The zero-order valence-electron chi connectivity index (χ0n) is 18.1. The first-order chi connectivity index (χ1) is 14.8. The summed E-state index contributed by atoms with van der Waals surface area (Å²) in [6.07, 6.45) is 3.34. The Morgan fingerprint density at radius 2 is 1.94 bits per heavy atom. The third-order valence-corrected chi connectivity index (χ3v) is 6.55. The number of carbonyl (C=O) groups is 2. The van der Waals surface area contributed by atoms with E-state index in [0.717, 1.165) is 32.5 Å². The molecule has 0 bridgehead atoms. The van der Waals surface area contributed by atoms with Gasteiger partial charge in [0.15, 0.2) is 0 Å². The average Bonchev–Trinajstić information content (AvgIpc) is 2.75. The summed E-state index contributed by atoms with van der Waals surface area (Å²) < 4.78 is 0. The van der Waals surface area contributed by atoms with E-state index in [2.05, 4.69) is 22.0 Å². The van der Waals surface area contributed by atoms with Gasteiger partial charge in [0.1, 0.15) is 0 Å². The van der Waals surface area contributed by atoms with E-state index in [1.807, 2.05) is 11.8 Å². The van der Waals surface area contributed by atoms with Gasteiger partial charge in [-0.3, -0.25) is 29.5 Å². The van der Waals surface area contributed by atoms with Crippen LogP contribution < -0.4 is 5.32 Å². The second kappa shape index (κ2) is 10.4. The number of rotatable bonds is 6. The van der Waals surface area contributed by atoms with Gasteiger partial charge in [-0.15, -0.1) is 0 Å². The molecule has 2 saturated heterocycles. The molecule has 0 unspecified atom stereocenters. The van der Waals surface area contributed by atoms with E-state index in [1.54, 1.807) is 0 Å². The lowest BCUT2D eigenvalue weighted by Gasteiger charge is -2.39. The molecule has 10 heteroatoms. The maximum atomic E-state index is 12.7. The molecule has 2 amide bonds. The van der Waals surface area contributed by atoms with E-state index in [-0.39, 0.29) is 28.6 Å². The first-order valence-corrected chi connectivity index (χ1v) is 11.1. The predicted octanol–water partition coefficient (Wildman–Crippen LogP) is 2.59. The van der Waals surface area contributed by atoms with Gasteiger partial charge in [-0.2, -0.15) is 0 Å². The lowest BCUT2D eigenvalue weighted by molar-refractivity contribution is -0.384. The van der Waals surface area contributed by atoms with Crippen molar-refractivity contribution in [3.63, 3.8) is 0 Å². The fourth-order valence-electron chi connectivity index (χ4n) is 4.18. The number of carbonyl (C=O) groups excluding carboxylic acids is 2. The second-order valence-corrected chi connectivity index (χ2v) is 8.74. The van der Waals surface area contributed by atoms with Crippen molar-refractivity contribution in [2.24, 2.45) is 0 Å². The highest BCUT2D eigenvalue weighted by Gasteiger charge is 2.29. The number of anilines is 1. The van der Waals surface area contributed by atoms with Crippen LogP contribution in [0.4, 0.5) is 11.4 Å². The molecule has 3 rings (SSSR count). The molecule has 31 heavy (non-hydrogen) atoms. The van der Waals surface area contributed by atoms with Crippen LogP contribution in [0.1, 0.15) is 33.1 Å². The first-order valence-electron chi connectivity index (χ1n) is 10.8. The van der Waals surface area contributed by atoms with Crippen molar-refractivity contribution < 1.29 is 14.5 Å². The van der Waals surface area contributed by atoms with Gasteiger partial charge in [0.05, 0.1) is 28.2 Å². The number of nitrogens with zero attached hydrogens (tertiary/aromatic N) is 4. The number of benzene rings is 1. The topological polar surface area (TPSA) is 99.0 Å². The molecule has 0 radical (unpaired) electrons. The molecule has 2 fully saturated rings. The Kier molecular flexibility index (Phi) is 7.85. The van der Waals surface area contributed by atoms with E-state index in [0.29, 0.717) is 31.4 Å². The van der Waals surface area contributed by atoms with Crippen LogP contribution in [0.15, 0.2) is 18.2 Å². The summed E-state index contributed by atoms with van der Waals surface area (Å²) in [4.78, 5) is 41.8. The standard InChI is InChI=1S/C21H30ClN5O4/c1-15-5-3-4-8-26(15)20(28)14-24-9-11-25(12-10-24)16(2)21(29)23-19-7-6-17(27(30)31)13-18(19)22/h6-7,13,15-16H,3-5,8-12,14H2,1-2H3,(H,23,29)/t15-,16+/m1/s1. The second-order valence-electron chi connectivity index (χ2n) is 8.33. The molecule has 0 aliphatic carbocycles. The Labute approximate surface area is 187 Å². The van der Waals surface area contributed by atoms with Crippen molar-refractivity contribution in [3.05, 3.63) is 33.3 Å². The number of nitro groups is 1. The number of hydrogen-bond acceptors (Lipinski definition) is 6. The normalized spacial score (nSPS) is 21.5. The Morgan fingerprint density at radius 3 is 2.55 bits per heavy atom. The summed E-state index contributed by atoms with van der Waals surface area (Å²) in [7, 11) is 0. The van der Waals surface area contributed by atoms with Crippen LogP contribution in [-0.2, 0) is 9.59 Å². The largest absolute Gasteiger partial charge is 0.339 e. The molecule has 2 heterocycles. The third-order valence-electron chi connectivity index (χ3n) is 6.24. The van der Waals surface area contributed by atoms with Crippen molar-refractivity contribution in [2.75, 3.05) is 44.6 Å². The minimum absolute atomic E-state index is 0.124. The molecule has 170 valence electrons. The number of likely N-dealkylation sites (tertiary alicyclic amines) is 1. The average molecular weight is 452 g/mol. The van der Waals surface area contributed by atoms with Gasteiger partial charge < -0.3 is 10.2 Å². The highest BCUT2D eigenvalue weighted by atomic mass is 35.5. The Morgan fingerprint density at radius 1 is 1.23 bits per heavy atom. The maximum absolute atomic E-state index is 12.7. The van der Waals surface area contributed by atoms with E-state index in [9.17, 15) is 19.7 Å². The Bertz CT molecular complexity index is 828. The molecule has 1 aromatic rings. The maximum Gasteiger partial charge on any atom is 0.271 e. The van der Waals surface area contributed by atoms with E-state index in [4.69, 9.17) is 11.6 Å². The minimum Gasteiger partial charge on any atom is -0.339 e. The molecule has 0 aromatic heterocycles. The number of piperazine rings is 1. The molecular weight excluding hydrogens is 422 g/mol. The van der Waals surface area contributed by atoms with Crippen LogP contribution >= 0.6 is 11.6 Å². The molecule has 1 aromatic carbocycles. The zero-order valence-corrected chi connectivity index (χ0v) is 18.8. The number of non-ortho nitro benzene ring substituents is 1. The summed E-state index contributed by atoms with van der Waals surface area (Å²) >= 11 is 6.07. The van der Waals surface area contributed by atoms with Crippen molar-refractivity contribution >= 4 is 34.8 Å². The molecule has 0 spiro atoms. The molecule has 9 nitrogen and oxygen atoms in total. The number of hydrogen-bond donors (Lipinski definition) is 1. The van der Waals surface area contributed by atoms with Gasteiger partial charge >= 0.3 is 0 Å². The van der Waals surface area contributed by atoms with Crippen LogP contribution in [0.5, 0.6) is 0 Å². The quantitative estimate of drug-likeness (QED) is 0.527. The summed E-state index contributed by atoms with van der Waals surface area (Å²) in [6.45, 7) is 8.04. The van der Waals surface area contributed by atoms with Crippen molar-refractivity contribution in [2.45, 2.75) is 45.2 Å². The van der Waals surface area contributed by atoms with Crippen LogP contribution in [0.2, 0.25) is 5.02 Å². The lowest BCUT2D eigenvalue weighted by Crippen LogP contribution is -2.55. The Balaban J connectivity index is 1.48. The Hall–Kier alpha value is -2.23. The summed E-state index contributed by atoms with van der Waals surface area (Å²) in [5, 5.41) is 13.7. The van der Waals surface area contributed by atoms with Crippen LogP contribution in [0, 0.1) is 10.1 Å². The highest BCUT2D eigenvalue weighted by Crippen LogP contribution is 2.27. The number of halogens is 1. The van der Waals surface area contributed by atoms with Gasteiger partial charge in [0.25, 0.3) is 5.69 Å². The lowest BCUT2D eigenvalue weighted by atomic mass is 10.0. The number of piperidine rings is 1. The fourth-order valence-corrected chi connectivity index (χ4v) is 4.40. The first kappa shape index (κ1) is 23.4. The van der Waals surface area contributed by atoms with Crippen molar-refractivity contribution in [1.82, 2.24) is 14.7 Å². The SMILES string of the molecule is C[C@@H]1CCCCN1C(=O)CN1CCN([C@@H](C)C(=O)Nc2ccc([N+](=O)[O-])cc2Cl)CC1. The van der Waals surface area contributed by atoms with Crippen LogP contribution in [0.25, 0.3) is 0 Å². The van der Waals surface area contributed by atoms with E-state index < -0.39 is 4.92 Å². The van der Waals surface area contributed by atoms with Crippen molar-refractivity contribution in [1.29, 1.82) is 0 Å². The third kappa shape index (κ3) is 5.93. The number of amides is 2. The van der Waals surface area contributed by atoms with Gasteiger partial charge in [-0.25, -0.2) is 0 Å². The monoisotopic (exact) mass is 451 g/mol. The van der Waals surface area contributed by atoms with Crippen molar-refractivity contribution in [3.8, 4) is 0 Å². The van der Waals surface area contributed by atoms with E-state index in [1.165, 1.54) is 24.6 Å². The predicted molar refractivity (Wildman–Crippen MR) is 119 cm³/mol. The highest BCUT2D eigenvalue weighted by molar-refractivity contribution is 6.34. The van der Waals surface area contributed by atoms with Crippen LogP contribution in [-0.4, -0.2) is 82.8 Å². The van der Waals surface area contributed by atoms with Gasteiger partial charge in [0.2, 0.25) is 11.8 Å². The summed E-state index contributed by atoms with van der Waals surface area (Å²) in [6, 6.07) is 3.91. The van der Waals surface area contributed by atoms with Gasteiger partial charge in [-0.1, -0.05) is 11.6 Å². The molecule has 2 aliphatic heterocycles. The summed E-state index contributed by atoms with van der Waals surface area (Å²) in [5.41, 5.74) is 0.227. The molecule has 0 saturated carbocycles. The zero-order chi connectivity index (χ0) is 22.5. The fraction of sp³-hybridized carbons (Fsp3) is 0.619. The smallest absolute Gasteiger partial charge is 0.271 e. The van der Waals surface area contributed by atoms with Gasteiger partial charge in [-0.05, 0) is 39.2 Å². The molecule has 1 N–H and O–H groups in total. The number of nitrogens with one attached hydrogen (secondary N) is 1. The van der Waals surface area contributed by atoms with E-state index >= 15 is 0 Å². The minimum atomic E-state index is -0.531. The van der Waals surface area contributed by atoms with Gasteiger partial charge in [0, 0.05) is 50.9 Å². The molecular formula is C21H30ClN5O4.